The molecule has 0 amide bonds. The van der Waals surface area contributed by atoms with Crippen LogP contribution in [0, 0.1) is 12.7 Å². The van der Waals surface area contributed by atoms with Gasteiger partial charge in [0.2, 0.25) is 0 Å². The Kier molecular flexibility index (Phi) is 6.50. The topological polar surface area (TPSA) is 42.2 Å². The SMILES string of the molecule is C/C=C\C(Nc1nc2cc(F)cc(C)c2n2cncc12)=C(\C)CC.CC. The highest BCUT2D eigenvalue weighted by Gasteiger charge is 2.13. The number of allylic oxidation sites excluding steroid dienone is 3. The maximum atomic E-state index is 13.8. The minimum atomic E-state index is -0.285. The second-order valence-corrected chi connectivity index (χ2v) is 5.87. The summed E-state index contributed by atoms with van der Waals surface area (Å²) in [7, 11) is 0. The first kappa shape index (κ1) is 19.6. The van der Waals surface area contributed by atoms with Crippen molar-refractivity contribution >= 4 is 22.4 Å². The summed E-state index contributed by atoms with van der Waals surface area (Å²) in [5.74, 6) is 0.387. The lowest BCUT2D eigenvalue weighted by Gasteiger charge is -2.14. The van der Waals surface area contributed by atoms with E-state index >= 15 is 0 Å². The van der Waals surface area contributed by atoms with Crippen LogP contribution in [0.15, 0.2) is 48.1 Å². The average molecular weight is 354 g/mol. The summed E-state index contributed by atoms with van der Waals surface area (Å²) in [6, 6.07) is 2.97. The third-order valence-electron chi connectivity index (χ3n) is 4.18. The summed E-state index contributed by atoms with van der Waals surface area (Å²) < 4.78 is 15.8. The van der Waals surface area contributed by atoms with E-state index in [9.17, 15) is 4.39 Å². The van der Waals surface area contributed by atoms with Gasteiger partial charge in [0.1, 0.15) is 11.3 Å². The molecule has 0 fully saturated rings. The van der Waals surface area contributed by atoms with Crippen molar-refractivity contribution in [3.8, 4) is 0 Å². The summed E-state index contributed by atoms with van der Waals surface area (Å²) in [6.07, 6.45) is 8.45. The van der Waals surface area contributed by atoms with E-state index in [4.69, 9.17) is 0 Å². The first-order valence-corrected chi connectivity index (χ1v) is 9.06. The highest BCUT2D eigenvalue weighted by Crippen LogP contribution is 2.26. The van der Waals surface area contributed by atoms with Gasteiger partial charge in [0.25, 0.3) is 0 Å². The molecule has 0 aliphatic carbocycles. The molecule has 0 saturated heterocycles. The van der Waals surface area contributed by atoms with Gasteiger partial charge in [0.15, 0.2) is 5.82 Å². The number of aromatic nitrogens is 3. The van der Waals surface area contributed by atoms with Gasteiger partial charge < -0.3 is 5.32 Å². The lowest BCUT2D eigenvalue weighted by molar-refractivity contribution is 0.628. The molecule has 3 rings (SSSR count). The molecule has 138 valence electrons. The summed E-state index contributed by atoms with van der Waals surface area (Å²) in [4.78, 5) is 8.91. The van der Waals surface area contributed by atoms with Gasteiger partial charge >= 0.3 is 0 Å². The fourth-order valence-corrected chi connectivity index (χ4v) is 2.81. The van der Waals surface area contributed by atoms with Crippen LogP contribution in [0.4, 0.5) is 10.2 Å². The number of hydrogen-bond acceptors (Lipinski definition) is 3. The van der Waals surface area contributed by atoms with Crippen molar-refractivity contribution in [1.29, 1.82) is 0 Å². The van der Waals surface area contributed by atoms with Gasteiger partial charge in [-0.3, -0.25) is 4.40 Å². The van der Waals surface area contributed by atoms with Crippen molar-refractivity contribution in [3.05, 3.63) is 59.5 Å². The molecule has 0 aliphatic rings. The Hall–Kier alpha value is -2.69. The van der Waals surface area contributed by atoms with Crippen LogP contribution in [-0.2, 0) is 0 Å². The van der Waals surface area contributed by atoms with E-state index in [1.807, 2.05) is 44.2 Å². The number of nitrogens with zero attached hydrogens (tertiary/aromatic N) is 3. The maximum Gasteiger partial charge on any atom is 0.157 e. The second kappa shape index (κ2) is 8.61. The predicted molar refractivity (Wildman–Crippen MR) is 108 cm³/mol. The molecule has 0 atom stereocenters. The Morgan fingerprint density at radius 2 is 2.04 bits per heavy atom. The minimum Gasteiger partial charge on any atom is -0.338 e. The Bertz CT molecular complexity index is 967. The molecular weight excluding hydrogens is 327 g/mol. The molecule has 5 heteroatoms. The molecule has 3 aromatic rings. The van der Waals surface area contributed by atoms with Crippen molar-refractivity contribution in [1.82, 2.24) is 14.4 Å². The molecule has 1 N–H and O–H groups in total. The molecule has 2 aromatic heterocycles. The lowest BCUT2D eigenvalue weighted by atomic mass is 10.1. The number of rotatable bonds is 4. The van der Waals surface area contributed by atoms with E-state index in [0.717, 1.165) is 28.7 Å². The van der Waals surface area contributed by atoms with Gasteiger partial charge in [0.05, 0.1) is 23.6 Å². The number of anilines is 1. The van der Waals surface area contributed by atoms with Crippen LogP contribution in [-0.4, -0.2) is 14.4 Å². The zero-order valence-corrected chi connectivity index (χ0v) is 16.4. The minimum absolute atomic E-state index is 0.285. The summed E-state index contributed by atoms with van der Waals surface area (Å²) in [6.45, 7) is 12.1. The van der Waals surface area contributed by atoms with Crippen LogP contribution < -0.4 is 5.32 Å². The zero-order chi connectivity index (χ0) is 19.3. The number of halogens is 1. The number of benzene rings is 1. The largest absolute Gasteiger partial charge is 0.338 e. The monoisotopic (exact) mass is 354 g/mol. The van der Waals surface area contributed by atoms with Crippen molar-refractivity contribution in [2.75, 3.05) is 5.32 Å². The summed E-state index contributed by atoms with van der Waals surface area (Å²) in [5.41, 5.74) is 5.41. The van der Waals surface area contributed by atoms with Gasteiger partial charge in [0, 0.05) is 11.8 Å². The fourth-order valence-electron chi connectivity index (χ4n) is 2.81. The van der Waals surface area contributed by atoms with E-state index in [2.05, 4.69) is 29.1 Å². The molecule has 0 unspecified atom stereocenters. The van der Waals surface area contributed by atoms with Crippen molar-refractivity contribution in [2.45, 2.75) is 48.0 Å². The number of nitrogens with one attached hydrogen (secondary N) is 1. The number of imidazole rings is 1. The lowest BCUT2D eigenvalue weighted by Crippen LogP contribution is -2.05. The molecule has 0 radical (unpaired) electrons. The Balaban J connectivity index is 0.00000117. The molecule has 2 heterocycles. The molecule has 1 aromatic carbocycles. The second-order valence-electron chi connectivity index (χ2n) is 5.87. The van der Waals surface area contributed by atoms with Crippen LogP contribution in [0.2, 0.25) is 0 Å². The normalized spacial score (nSPS) is 12.3. The van der Waals surface area contributed by atoms with Gasteiger partial charge in [-0.25, -0.2) is 14.4 Å². The van der Waals surface area contributed by atoms with E-state index in [1.54, 1.807) is 12.5 Å². The molecule has 0 bridgehead atoms. The molecule has 4 nitrogen and oxygen atoms in total. The summed E-state index contributed by atoms with van der Waals surface area (Å²) >= 11 is 0. The molecule has 0 spiro atoms. The molecule has 26 heavy (non-hydrogen) atoms. The average Bonchev–Trinajstić information content (AvgIpc) is 3.11. The Morgan fingerprint density at radius 1 is 1.31 bits per heavy atom. The molecular formula is C21H27FN4. The number of hydrogen-bond donors (Lipinski definition) is 1. The van der Waals surface area contributed by atoms with Gasteiger partial charge in [-0.05, 0) is 44.9 Å². The fraction of sp³-hybridized carbons (Fsp3) is 0.333. The van der Waals surface area contributed by atoms with Crippen LogP contribution in [0.3, 0.4) is 0 Å². The summed E-state index contributed by atoms with van der Waals surface area (Å²) in [5, 5.41) is 3.39. The molecule has 0 aliphatic heterocycles. The highest BCUT2D eigenvalue weighted by molar-refractivity contribution is 5.87. The third kappa shape index (κ3) is 3.77. The Labute approximate surface area is 154 Å². The van der Waals surface area contributed by atoms with Crippen LogP contribution in [0.1, 0.15) is 46.6 Å². The standard InChI is InChI=1S/C19H21FN4.C2H6/c1-5-7-15(12(3)6-2)22-19-17-10-21-11-24(17)18-13(4)8-14(20)9-16(18)23-19;1-2/h5,7-11H,6H2,1-4H3,(H,22,23);1-2H3/b7-5-,15-12+;. The number of fused-ring (bicyclic) bond motifs is 3. The molecule has 0 saturated carbocycles. The van der Waals surface area contributed by atoms with E-state index in [0.29, 0.717) is 11.3 Å². The maximum absolute atomic E-state index is 13.8. The smallest absolute Gasteiger partial charge is 0.157 e. The van der Waals surface area contributed by atoms with E-state index < -0.39 is 0 Å². The first-order chi connectivity index (χ1) is 12.5. The number of aryl methyl sites for hydroxylation is 1. The van der Waals surface area contributed by atoms with E-state index in [-0.39, 0.29) is 5.82 Å². The van der Waals surface area contributed by atoms with Crippen molar-refractivity contribution in [2.24, 2.45) is 0 Å². The van der Waals surface area contributed by atoms with Gasteiger partial charge in [-0.1, -0.05) is 32.4 Å². The van der Waals surface area contributed by atoms with Gasteiger partial charge in [-0.15, -0.1) is 0 Å². The van der Waals surface area contributed by atoms with Crippen LogP contribution >= 0.6 is 0 Å². The first-order valence-electron chi connectivity index (χ1n) is 9.06. The Morgan fingerprint density at radius 3 is 2.69 bits per heavy atom. The third-order valence-corrected chi connectivity index (χ3v) is 4.18. The quantitative estimate of drug-likeness (QED) is 0.582. The van der Waals surface area contributed by atoms with Crippen LogP contribution in [0.5, 0.6) is 0 Å². The predicted octanol–water partition coefficient (Wildman–Crippen LogP) is 6.03. The zero-order valence-electron chi connectivity index (χ0n) is 16.4. The van der Waals surface area contributed by atoms with Crippen molar-refractivity contribution in [3.63, 3.8) is 0 Å². The van der Waals surface area contributed by atoms with Crippen molar-refractivity contribution < 1.29 is 4.39 Å². The van der Waals surface area contributed by atoms with E-state index in [1.165, 1.54) is 17.7 Å². The highest BCUT2D eigenvalue weighted by atomic mass is 19.1. The van der Waals surface area contributed by atoms with Crippen LogP contribution in [0.25, 0.3) is 16.6 Å². The van der Waals surface area contributed by atoms with Gasteiger partial charge in [-0.2, -0.15) is 0 Å².